The van der Waals surface area contributed by atoms with Crippen molar-refractivity contribution in [2.75, 3.05) is 12.4 Å². The highest BCUT2D eigenvalue weighted by Crippen LogP contribution is 2.35. The summed E-state index contributed by atoms with van der Waals surface area (Å²) in [6, 6.07) is 13.1. The number of para-hydroxylation sites is 1. The Bertz CT molecular complexity index is 1290. The second-order valence-electron chi connectivity index (χ2n) is 8.24. The summed E-state index contributed by atoms with van der Waals surface area (Å²) in [5.74, 6) is 1.31. The summed E-state index contributed by atoms with van der Waals surface area (Å²) < 4.78 is 19.0. The van der Waals surface area contributed by atoms with Crippen molar-refractivity contribution in [3.05, 3.63) is 60.2 Å². The van der Waals surface area contributed by atoms with Crippen LogP contribution in [0, 0.1) is 0 Å². The number of amides is 1. The maximum Gasteiger partial charge on any atom is 0.253 e. The highest BCUT2D eigenvalue weighted by molar-refractivity contribution is 7.99. The Hall–Kier alpha value is -3.44. The Kier molecular flexibility index (Phi) is 5.63. The third kappa shape index (κ3) is 4.12. The first-order valence-electron chi connectivity index (χ1n) is 11.2. The fourth-order valence-corrected chi connectivity index (χ4v) is 5.04. The lowest BCUT2D eigenvalue weighted by molar-refractivity contribution is -0.130. The van der Waals surface area contributed by atoms with Crippen LogP contribution < -0.4 is 0 Å². The van der Waals surface area contributed by atoms with Gasteiger partial charge in [0.1, 0.15) is 23.1 Å². The van der Waals surface area contributed by atoms with Crippen molar-refractivity contribution in [3.8, 4) is 0 Å². The van der Waals surface area contributed by atoms with Gasteiger partial charge in [0.05, 0.1) is 24.7 Å². The molecular weight excluding hydrogens is 456 g/mol. The van der Waals surface area contributed by atoms with Crippen molar-refractivity contribution in [1.82, 2.24) is 25.2 Å². The largest absolute Gasteiger partial charge is 0.467 e. The third-order valence-corrected chi connectivity index (χ3v) is 6.91. The molecule has 11 heteroatoms. The molecule has 0 saturated carbocycles. The normalized spacial score (nSPS) is 20.4. The predicted molar refractivity (Wildman–Crippen MR) is 123 cm³/mol. The number of rotatable bonds is 7. The fraction of sp³-hybridized carbons (Fsp3) is 0.348. The molecule has 2 aliphatic heterocycles. The number of hydrogen-bond acceptors (Lipinski definition) is 9. The van der Waals surface area contributed by atoms with E-state index in [2.05, 4.69) is 20.6 Å². The van der Waals surface area contributed by atoms with E-state index in [1.54, 1.807) is 10.9 Å². The summed E-state index contributed by atoms with van der Waals surface area (Å²) in [4.78, 5) is 13.3. The molecule has 1 aromatic carbocycles. The zero-order chi connectivity index (χ0) is 22.9. The molecule has 2 aliphatic rings. The number of tetrazole rings is 1. The molecule has 0 N–H and O–H groups in total. The van der Waals surface area contributed by atoms with E-state index in [4.69, 9.17) is 13.6 Å². The number of hydrazone groups is 1. The first-order valence-corrected chi connectivity index (χ1v) is 12.2. The molecule has 1 amide bonds. The summed E-state index contributed by atoms with van der Waals surface area (Å²) in [6.07, 6.45) is 4.24. The second-order valence-corrected chi connectivity index (χ2v) is 9.18. The van der Waals surface area contributed by atoms with Crippen LogP contribution in [-0.4, -0.2) is 55.3 Å². The van der Waals surface area contributed by atoms with Crippen LogP contribution in [0.25, 0.3) is 11.0 Å². The molecule has 6 rings (SSSR count). The molecule has 34 heavy (non-hydrogen) atoms. The summed E-state index contributed by atoms with van der Waals surface area (Å²) >= 11 is 1.29. The Morgan fingerprint density at radius 3 is 2.97 bits per heavy atom. The SMILES string of the molecule is O=C(CSc1nnnn1CC1CCCO1)N1N=C(c2cc3ccccc3o2)CC1c1ccco1. The Morgan fingerprint density at radius 1 is 1.21 bits per heavy atom. The van der Waals surface area contributed by atoms with Crippen LogP contribution >= 0.6 is 11.8 Å². The number of hydrogen-bond donors (Lipinski definition) is 0. The van der Waals surface area contributed by atoms with E-state index in [0.29, 0.717) is 35.4 Å². The van der Waals surface area contributed by atoms with Crippen molar-refractivity contribution < 1.29 is 18.4 Å². The summed E-state index contributed by atoms with van der Waals surface area (Å²) in [7, 11) is 0. The van der Waals surface area contributed by atoms with Crippen molar-refractivity contribution >= 4 is 34.3 Å². The maximum absolute atomic E-state index is 13.3. The van der Waals surface area contributed by atoms with E-state index in [0.717, 1.165) is 30.4 Å². The lowest BCUT2D eigenvalue weighted by Gasteiger charge is -2.19. The van der Waals surface area contributed by atoms with E-state index in [1.807, 2.05) is 42.5 Å². The van der Waals surface area contributed by atoms with Gasteiger partial charge in [-0.25, -0.2) is 9.69 Å². The Balaban J connectivity index is 1.20. The predicted octanol–water partition coefficient (Wildman–Crippen LogP) is 3.66. The van der Waals surface area contributed by atoms with Crippen molar-refractivity contribution in [3.63, 3.8) is 0 Å². The van der Waals surface area contributed by atoms with E-state index < -0.39 is 0 Å². The van der Waals surface area contributed by atoms with Crippen molar-refractivity contribution in [1.29, 1.82) is 0 Å². The van der Waals surface area contributed by atoms with Crippen molar-refractivity contribution in [2.45, 2.75) is 43.1 Å². The van der Waals surface area contributed by atoms with Crippen LogP contribution in [0.2, 0.25) is 0 Å². The van der Waals surface area contributed by atoms with Gasteiger partial charge < -0.3 is 13.6 Å². The molecule has 2 unspecified atom stereocenters. The van der Waals surface area contributed by atoms with Crippen LogP contribution in [0.3, 0.4) is 0 Å². The maximum atomic E-state index is 13.3. The summed E-state index contributed by atoms with van der Waals surface area (Å²) in [6.45, 7) is 1.35. The lowest BCUT2D eigenvalue weighted by Crippen LogP contribution is -2.28. The van der Waals surface area contributed by atoms with Gasteiger partial charge in [-0.1, -0.05) is 30.0 Å². The number of carbonyl (C=O) groups excluding carboxylic acids is 1. The van der Waals surface area contributed by atoms with Crippen LogP contribution in [0.4, 0.5) is 0 Å². The number of ether oxygens (including phenoxy) is 1. The van der Waals surface area contributed by atoms with Gasteiger partial charge in [0.25, 0.3) is 5.91 Å². The zero-order valence-corrected chi connectivity index (χ0v) is 19.1. The first kappa shape index (κ1) is 21.1. The minimum Gasteiger partial charge on any atom is -0.467 e. The minimum atomic E-state index is -0.339. The highest BCUT2D eigenvalue weighted by Gasteiger charge is 2.36. The third-order valence-electron chi connectivity index (χ3n) is 5.97. The Labute approximate surface area is 198 Å². The molecule has 1 fully saturated rings. The van der Waals surface area contributed by atoms with Gasteiger partial charge in [-0.2, -0.15) is 5.10 Å². The minimum absolute atomic E-state index is 0.108. The number of furan rings is 2. The average Bonchev–Trinajstić information content (AvgIpc) is 3.66. The average molecular weight is 479 g/mol. The molecule has 0 radical (unpaired) electrons. The number of thioether (sulfide) groups is 1. The standard InChI is InChI=1S/C23H22N6O4S/c30-22(14-34-23-24-26-27-28(23)13-16-6-3-9-31-16)29-18(20-8-4-10-32-20)12-17(25-29)21-11-15-5-1-2-7-19(15)33-21/h1-2,4-5,7-8,10-11,16,18H,3,6,9,12-14H2. The van der Waals surface area contributed by atoms with Gasteiger partial charge in [-0.05, 0) is 47.5 Å². The molecule has 4 aromatic rings. The lowest BCUT2D eigenvalue weighted by atomic mass is 10.1. The molecule has 10 nitrogen and oxygen atoms in total. The molecular formula is C23H22N6O4S. The molecule has 2 atom stereocenters. The molecule has 0 bridgehead atoms. The van der Waals surface area contributed by atoms with Gasteiger partial charge >= 0.3 is 0 Å². The van der Waals surface area contributed by atoms with Gasteiger partial charge in [-0.3, -0.25) is 4.79 Å². The summed E-state index contributed by atoms with van der Waals surface area (Å²) in [5, 5.41) is 19.6. The van der Waals surface area contributed by atoms with Gasteiger partial charge in [0, 0.05) is 18.4 Å². The van der Waals surface area contributed by atoms with Crippen LogP contribution in [0.1, 0.15) is 36.8 Å². The van der Waals surface area contributed by atoms with Crippen molar-refractivity contribution in [2.24, 2.45) is 5.10 Å². The molecule has 0 aliphatic carbocycles. The topological polar surface area (TPSA) is 112 Å². The molecule has 0 spiro atoms. The molecule has 1 saturated heterocycles. The summed E-state index contributed by atoms with van der Waals surface area (Å²) in [5.41, 5.74) is 1.49. The molecule has 5 heterocycles. The number of aromatic nitrogens is 4. The number of fused-ring (bicyclic) bond motifs is 1. The van der Waals surface area contributed by atoms with Gasteiger partial charge in [-0.15, -0.1) is 5.10 Å². The number of benzene rings is 1. The first-order chi connectivity index (χ1) is 16.7. The van der Waals surface area contributed by atoms with E-state index in [-0.39, 0.29) is 23.8 Å². The van der Waals surface area contributed by atoms with E-state index >= 15 is 0 Å². The number of nitrogens with zero attached hydrogens (tertiary/aromatic N) is 6. The monoisotopic (exact) mass is 478 g/mol. The Morgan fingerprint density at radius 2 is 2.15 bits per heavy atom. The van der Waals surface area contributed by atoms with Crippen LogP contribution in [0.5, 0.6) is 0 Å². The quantitative estimate of drug-likeness (QED) is 0.370. The fourth-order valence-electron chi connectivity index (χ4n) is 4.30. The van der Waals surface area contributed by atoms with E-state index in [1.165, 1.54) is 16.8 Å². The molecule has 3 aromatic heterocycles. The van der Waals surface area contributed by atoms with Crippen LogP contribution in [-0.2, 0) is 16.1 Å². The van der Waals surface area contributed by atoms with Crippen LogP contribution in [0.15, 0.2) is 67.8 Å². The van der Waals surface area contributed by atoms with Gasteiger partial charge in [0.2, 0.25) is 5.16 Å². The second kappa shape index (κ2) is 9.07. The smallest absolute Gasteiger partial charge is 0.253 e. The highest BCUT2D eigenvalue weighted by atomic mass is 32.2. The van der Waals surface area contributed by atoms with E-state index in [9.17, 15) is 4.79 Å². The van der Waals surface area contributed by atoms with Gasteiger partial charge in [0.15, 0.2) is 5.76 Å². The number of carbonyl (C=O) groups is 1. The molecule has 174 valence electrons. The zero-order valence-electron chi connectivity index (χ0n) is 18.2.